The van der Waals surface area contributed by atoms with Crippen molar-refractivity contribution >= 4 is 46.2 Å². The summed E-state index contributed by atoms with van der Waals surface area (Å²) in [5, 5.41) is 9.60. The molecular weight excluding hydrogens is 391 g/mol. The van der Waals surface area contributed by atoms with Crippen molar-refractivity contribution in [3.8, 4) is 0 Å². The lowest BCUT2D eigenvalue weighted by Gasteiger charge is -2.22. The molecule has 1 aliphatic rings. The highest BCUT2D eigenvalue weighted by atomic mass is 127. The molecule has 0 bridgehead atoms. The number of anilines is 2. The minimum Gasteiger partial charge on any atom is -0.345 e. The van der Waals surface area contributed by atoms with Gasteiger partial charge in [0.05, 0.1) is 22.9 Å². The lowest BCUT2D eigenvalue weighted by Crippen LogP contribution is -2.46. The second-order valence-electron chi connectivity index (χ2n) is 4.55. The molecule has 0 spiro atoms. The standard InChI is InChI=1S/C15H15IN6/c16-22-15-20-13(17-11-7-3-1-4-8-11)19-14(21-15)18-12-9-5-2-6-10-12/h1-10,13,17H,(H3,18,19,20,21,22). The smallest absolute Gasteiger partial charge is 0.221 e. The molecule has 4 N–H and O–H groups in total. The van der Waals surface area contributed by atoms with Gasteiger partial charge in [0.2, 0.25) is 18.2 Å². The Bertz CT molecular complexity index is 671. The molecule has 2 aromatic carbocycles. The van der Waals surface area contributed by atoms with Gasteiger partial charge >= 0.3 is 0 Å². The van der Waals surface area contributed by atoms with Crippen LogP contribution in [0.2, 0.25) is 0 Å². The lowest BCUT2D eigenvalue weighted by molar-refractivity contribution is 0.780. The molecule has 1 heterocycles. The average Bonchev–Trinajstić information content (AvgIpc) is 2.56. The normalized spacial score (nSPS) is 16.9. The van der Waals surface area contributed by atoms with Crippen LogP contribution in [0, 0.1) is 0 Å². The number of aliphatic imine (C=N–C) groups is 2. The predicted molar refractivity (Wildman–Crippen MR) is 99.1 cm³/mol. The van der Waals surface area contributed by atoms with Crippen molar-refractivity contribution in [1.82, 2.24) is 8.85 Å². The molecule has 3 rings (SSSR count). The number of guanidine groups is 2. The molecule has 112 valence electrons. The van der Waals surface area contributed by atoms with Crippen LogP contribution in [0.4, 0.5) is 11.4 Å². The monoisotopic (exact) mass is 406 g/mol. The van der Waals surface area contributed by atoms with Gasteiger partial charge in [-0.2, -0.15) is 0 Å². The van der Waals surface area contributed by atoms with Crippen molar-refractivity contribution in [3.05, 3.63) is 60.7 Å². The van der Waals surface area contributed by atoms with E-state index in [4.69, 9.17) is 0 Å². The SMILES string of the molecule is INC1=NC(Nc2ccccc2)N=C(Nc2ccccc2)N1. The highest BCUT2D eigenvalue weighted by Gasteiger charge is 2.16. The number of hydrogen-bond acceptors (Lipinski definition) is 6. The minimum atomic E-state index is -0.396. The molecule has 6 nitrogen and oxygen atoms in total. The van der Waals surface area contributed by atoms with Gasteiger partial charge in [-0.25, -0.2) is 9.98 Å². The van der Waals surface area contributed by atoms with Gasteiger partial charge in [0.15, 0.2) is 0 Å². The Kier molecular flexibility index (Phi) is 4.74. The first kappa shape index (κ1) is 14.6. The Balaban J connectivity index is 1.76. The Hall–Kier alpha value is -2.29. The van der Waals surface area contributed by atoms with E-state index in [1.807, 2.05) is 83.5 Å². The van der Waals surface area contributed by atoms with E-state index in [1.165, 1.54) is 0 Å². The molecule has 0 fully saturated rings. The van der Waals surface area contributed by atoms with Gasteiger partial charge in [0, 0.05) is 11.4 Å². The number of nitrogens with one attached hydrogen (secondary N) is 4. The maximum atomic E-state index is 4.52. The van der Waals surface area contributed by atoms with E-state index in [-0.39, 0.29) is 0 Å². The third-order valence-corrected chi connectivity index (χ3v) is 3.45. The third-order valence-electron chi connectivity index (χ3n) is 2.94. The summed E-state index contributed by atoms with van der Waals surface area (Å²) >= 11 is 2.03. The quantitative estimate of drug-likeness (QED) is 0.468. The second kappa shape index (κ2) is 7.12. The molecule has 1 aliphatic heterocycles. The fraction of sp³-hybridized carbons (Fsp3) is 0.0667. The number of benzene rings is 2. The Morgan fingerprint density at radius 1 is 0.818 bits per heavy atom. The molecule has 22 heavy (non-hydrogen) atoms. The number of halogens is 1. The highest BCUT2D eigenvalue weighted by Crippen LogP contribution is 2.11. The minimum absolute atomic E-state index is 0.396. The van der Waals surface area contributed by atoms with Crippen molar-refractivity contribution in [3.63, 3.8) is 0 Å². The predicted octanol–water partition coefficient (Wildman–Crippen LogP) is 2.75. The van der Waals surface area contributed by atoms with Crippen molar-refractivity contribution in [2.45, 2.75) is 6.29 Å². The molecule has 0 aliphatic carbocycles. The number of rotatable bonds is 3. The van der Waals surface area contributed by atoms with Gasteiger partial charge in [-0.1, -0.05) is 36.4 Å². The highest BCUT2D eigenvalue weighted by molar-refractivity contribution is 14.1. The Morgan fingerprint density at radius 2 is 1.41 bits per heavy atom. The number of nitrogens with zero attached hydrogens (tertiary/aromatic N) is 2. The zero-order valence-corrected chi connectivity index (χ0v) is 13.8. The molecule has 0 saturated carbocycles. The van der Waals surface area contributed by atoms with Gasteiger partial charge in [-0.15, -0.1) is 0 Å². The van der Waals surface area contributed by atoms with Crippen LogP contribution in [-0.2, 0) is 0 Å². The first-order valence-electron chi connectivity index (χ1n) is 6.76. The van der Waals surface area contributed by atoms with Crippen LogP contribution in [0.1, 0.15) is 0 Å². The molecule has 0 amide bonds. The molecule has 1 atom stereocenters. The van der Waals surface area contributed by atoms with E-state index in [0.717, 1.165) is 11.4 Å². The summed E-state index contributed by atoms with van der Waals surface area (Å²) in [6.45, 7) is 0. The first-order chi connectivity index (χ1) is 10.8. The molecule has 0 aromatic heterocycles. The summed E-state index contributed by atoms with van der Waals surface area (Å²) in [6, 6.07) is 19.7. The summed E-state index contributed by atoms with van der Waals surface area (Å²) in [7, 11) is 0. The first-order valence-corrected chi connectivity index (χ1v) is 7.84. The Morgan fingerprint density at radius 3 is 2.05 bits per heavy atom. The molecule has 2 aromatic rings. The van der Waals surface area contributed by atoms with Crippen molar-refractivity contribution in [2.75, 3.05) is 10.6 Å². The van der Waals surface area contributed by atoms with Crippen LogP contribution >= 0.6 is 22.9 Å². The molecule has 1 unspecified atom stereocenters. The van der Waals surface area contributed by atoms with Crippen molar-refractivity contribution in [1.29, 1.82) is 0 Å². The van der Waals surface area contributed by atoms with Crippen LogP contribution < -0.4 is 19.5 Å². The lowest BCUT2D eigenvalue weighted by atomic mass is 10.3. The molecule has 0 saturated heterocycles. The average molecular weight is 406 g/mol. The van der Waals surface area contributed by atoms with Crippen LogP contribution in [0.15, 0.2) is 70.6 Å². The number of para-hydroxylation sites is 2. The fourth-order valence-electron chi connectivity index (χ4n) is 1.97. The number of hydrogen-bond donors (Lipinski definition) is 4. The van der Waals surface area contributed by atoms with E-state index in [2.05, 4.69) is 29.5 Å². The van der Waals surface area contributed by atoms with E-state index in [9.17, 15) is 0 Å². The summed E-state index contributed by atoms with van der Waals surface area (Å²) in [5.41, 5.74) is 1.93. The maximum absolute atomic E-state index is 4.52. The topological polar surface area (TPSA) is 72.8 Å². The van der Waals surface area contributed by atoms with E-state index < -0.39 is 6.29 Å². The van der Waals surface area contributed by atoms with Gasteiger partial charge in [-0.05, 0) is 24.3 Å². The van der Waals surface area contributed by atoms with Crippen LogP contribution in [0.25, 0.3) is 0 Å². The van der Waals surface area contributed by atoms with Crippen molar-refractivity contribution in [2.24, 2.45) is 9.98 Å². The second-order valence-corrected chi connectivity index (χ2v) is 5.09. The zero-order valence-electron chi connectivity index (χ0n) is 11.6. The third kappa shape index (κ3) is 3.88. The molecule has 7 heteroatoms. The van der Waals surface area contributed by atoms with Gasteiger partial charge in [0.25, 0.3) is 0 Å². The van der Waals surface area contributed by atoms with Gasteiger partial charge in [0.1, 0.15) is 0 Å². The van der Waals surface area contributed by atoms with Gasteiger partial charge in [-0.3, -0.25) is 8.85 Å². The zero-order chi connectivity index (χ0) is 15.2. The van der Waals surface area contributed by atoms with E-state index in [1.54, 1.807) is 0 Å². The molecule has 0 radical (unpaired) electrons. The molecular formula is C15H15IN6. The summed E-state index contributed by atoms with van der Waals surface area (Å²) < 4.78 is 2.98. The summed E-state index contributed by atoms with van der Waals surface area (Å²) in [5.74, 6) is 1.27. The van der Waals surface area contributed by atoms with Crippen LogP contribution in [-0.4, -0.2) is 18.2 Å². The largest absolute Gasteiger partial charge is 0.345 e. The summed E-state index contributed by atoms with van der Waals surface area (Å²) in [6.07, 6.45) is -0.396. The summed E-state index contributed by atoms with van der Waals surface area (Å²) in [4.78, 5) is 8.96. The fourth-order valence-corrected chi connectivity index (χ4v) is 2.24. The van der Waals surface area contributed by atoms with Crippen LogP contribution in [0.3, 0.4) is 0 Å². The Labute approximate surface area is 142 Å². The van der Waals surface area contributed by atoms with Gasteiger partial charge < -0.3 is 10.6 Å². The van der Waals surface area contributed by atoms with E-state index >= 15 is 0 Å². The van der Waals surface area contributed by atoms with Crippen LogP contribution in [0.5, 0.6) is 0 Å². The van der Waals surface area contributed by atoms with Crippen molar-refractivity contribution < 1.29 is 0 Å². The van der Waals surface area contributed by atoms with E-state index in [0.29, 0.717) is 11.9 Å². The maximum Gasteiger partial charge on any atom is 0.221 e.